The number of benzene rings is 1. The topological polar surface area (TPSA) is 58.9 Å². The Morgan fingerprint density at radius 2 is 1.62 bits per heavy atom. The lowest BCUT2D eigenvalue weighted by Gasteiger charge is -1.93. The average molecular weight is 186 g/mol. The van der Waals surface area contributed by atoms with Crippen LogP contribution in [-0.2, 0) is 16.5 Å². The van der Waals surface area contributed by atoms with Crippen LogP contribution in [-0.4, -0.2) is 10.5 Å². The number of rotatable bonds is 3. The predicted molar refractivity (Wildman–Crippen MR) is 47.9 cm³/mol. The summed E-state index contributed by atoms with van der Waals surface area (Å²) in [6, 6.07) is 10.6. The third-order valence-corrected chi connectivity index (χ3v) is 1.41. The molecule has 0 saturated heterocycles. The lowest BCUT2D eigenvalue weighted by atomic mass is 10.1. The van der Waals surface area contributed by atoms with Crippen LogP contribution in [0.4, 0.5) is 0 Å². The van der Waals surface area contributed by atoms with Gasteiger partial charge in [0.25, 0.3) is 0 Å². The van der Waals surface area contributed by atoms with Crippen molar-refractivity contribution in [2.45, 2.75) is 19.8 Å². The van der Waals surface area contributed by atoms with Gasteiger partial charge < -0.3 is 0 Å². The first-order valence-corrected chi connectivity index (χ1v) is 4.00. The van der Waals surface area contributed by atoms with Gasteiger partial charge in [-0.25, -0.2) is 10.5 Å². The molecule has 0 saturated carbocycles. The summed E-state index contributed by atoms with van der Waals surface area (Å²) >= 11 is 0. The van der Waals surface area contributed by atoms with Gasteiger partial charge in [0.05, 0.1) is 0 Å². The van der Waals surface area contributed by atoms with E-state index in [9.17, 15) is 0 Å². The summed E-state index contributed by atoms with van der Waals surface area (Å²) in [4.78, 5) is 0. The van der Waals surface area contributed by atoms with E-state index in [0.717, 1.165) is 0 Å². The minimum absolute atomic E-state index is 1.21. The summed E-state index contributed by atoms with van der Waals surface area (Å²) in [5.74, 6) is 0. The Kier molecular flexibility index (Phi) is 8.49. The summed E-state index contributed by atoms with van der Waals surface area (Å²) in [6.07, 6.45) is 2.45. The maximum atomic E-state index is 6.90. The fraction of sp³-hybridized carbons (Fsp3) is 0.333. The maximum absolute atomic E-state index is 6.90. The summed E-state index contributed by atoms with van der Waals surface area (Å²) in [7, 11) is 0. The van der Waals surface area contributed by atoms with E-state index >= 15 is 0 Å². The van der Waals surface area contributed by atoms with Gasteiger partial charge in [0.15, 0.2) is 0 Å². The SMILES string of the molecule is CCCc1ccccc1.OOOO. The second-order valence-corrected chi connectivity index (χ2v) is 2.38. The van der Waals surface area contributed by atoms with Gasteiger partial charge in [-0.2, -0.15) is 0 Å². The van der Waals surface area contributed by atoms with Crippen molar-refractivity contribution in [3.05, 3.63) is 35.9 Å². The van der Waals surface area contributed by atoms with Crippen molar-refractivity contribution in [3.8, 4) is 0 Å². The lowest BCUT2D eigenvalue weighted by molar-refractivity contribution is -0.611. The standard InChI is InChI=1S/C9H12.H2O4/c1-2-6-9-7-4-3-5-8-9;1-3-4-2/h3-5,7-8H,2,6H2,1H3;1-2H. The van der Waals surface area contributed by atoms with Crippen molar-refractivity contribution in [2.75, 3.05) is 0 Å². The van der Waals surface area contributed by atoms with Crippen LogP contribution in [0.5, 0.6) is 0 Å². The van der Waals surface area contributed by atoms with Crippen LogP contribution in [0, 0.1) is 0 Å². The minimum Gasteiger partial charge on any atom is -0.219 e. The van der Waals surface area contributed by atoms with E-state index in [1.165, 1.54) is 18.4 Å². The molecule has 0 aromatic heterocycles. The van der Waals surface area contributed by atoms with Crippen molar-refractivity contribution < 1.29 is 20.6 Å². The molecule has 0 spiro atoms. The quantitative estimate of drug-likeness (QED) is 0.562. The van der Waals surface area contributed by atoms with E-state index in [1.807, 2.05) is 0 Å². The molecule has 74 valence electrons. The van der Waals surface area contributed by atoms with Gasteiger partial charge in [-0.05, 0) is 22.1 Å². The Balaban J connectivity index is 0.000000310. The molecule has 0 fully saturated rings. The second-order valence-electron chi connectivity index (χ2n) is 2.38. The van der Waals surface area contributed by atoms with Gasteiger partial charge in [0.2, 0.25) is 0 Å². The highest BCUT2D eigenvalue weighted by atomic mass is 17.6. The fourth-order valence-corrected chi connectivity index (χ4v) is 0.933. The number of aryl methyl sites for hydroxylation is 1. The Morgan fingerprint density at radius 3 is 2.00 bits per heavy atom. The lowest BCUT2D eigenvalue weighted by Crippen LogP contribution is -1.78. The van der Waals surface area contributed by atoms with Crippen molar-refractivity contribution in [2.24, 2.45) is 0 Å². The molecule has 1 aromatic rings. The van der Waals surface area contributed by atoms with Crippen LogP contribution in [0.3, 0.4) is 0 Å². The zero-order chi connectivity index (χ0) is 9.94. The molecule has 0 radical (unpaired) electrons. The van der Waals surface area contributed by atoms with E-state index < -0.39 is 0 Å². The van der Waals surface area contributed by atoms with Crippen LogP contribution < -0.4 is 0 Å². The summed E-state index contributed by atoms with van der Waals surface area (Å²) < 4.78 is 0. The molecular weight excluding hydrogens is 172 g/mol. The molecule has 1 aromatic carbocycles. The summed E-state index contributed by atoms with van der Waals surface area (Å²) in [6.45, 7) is 2.20. The summed E-state index contributed by atoms with van der Waals surface area (Å²) in [5, 5.41) is 19.0. The zero-order valence-electron chi connectivity index (χ0n) is 7.51. The monoisotopic (exact) mass is 186 g/mol. The highest BCUT2D eigenvalue weighted by molar-refractivity contribution is 5.14. The van der Waals surface area contributed by atoms with E-state index in [4.69, 9.17) is 10.5 Å². The third kappa shape index (κ3) is 7.42. The van der Waals surface area contributed by atoms with E-state index in [0.29, 0.717) is 0 Å². The number of hydrogen-bond donors (Lipinski definition) is 2. The average Bonchev–Trinajstić information content (AvgIpc) is 2.20. The molecule has 0 bridgehead atoms. The van der Waals surface area contributed by atoms with Gasteiger partial charge in [-0.15, -0.1) is 0 Å². The van der Waals surface area contributed by atoms with Crippen molar-refractivity contribution in [3.63, 3.8) is 0 Å². The molecule has 0 unspecified atom stereocenters. The van der Waals surface area contributed by atoms with E-state index in [1.54, 1.807) is 0 Å². The van der Waals surface area contributed by atoms with Crippen LogP contribution in [0.25, 0.3) is 0 Å². The molecule has 1 rings (SSSR count). The van der Waals surface area contributed by atoms with Crippen LogP contribution in [0.15, 0.2) is 30.3 Å². The molecule has 0 aliphatic carbocycles. The molecule has 0 aliphatic heterocycles. The second kappa shape index (κ2) is 9.15. The molecule has 4 heteroatoms. The molecular formula is C9H14O4. The largest absolute Gasteiger partial charge is 0.219 e. The smallest absolute Gasteiger partial charge is 0.0281 e. The van der Waals surface area contributed by atoms with E-state index in [-0.39, 0.29) is 0 Å². The van der Waals surface area contributed by atoms with Crippen LogP contribution in [0.2, 0.25) is 0 Å². The molecule has 4 nitrogen and oxygen atoms in total. The first kappa shape index (κ1) is 12.1. The molecule has 13 heavy (non-hydrogen) atoms. The highest BCUT2D eigenvalue weighted by Crippen LogP contribution is 2.00. The van der Waals surface area contributed by atoms with Crippen LogP contribution >= 0.6 is 0 Å². The van der Waals surface area contributed by atoms with Crippen molar-refractivity contribution >= 4 is 0 Å². The minimum atomic E-state index is 1.21. The van der Waals surface area contributed by atoms with Crippen molar-refractivity contribution in [1.82, 2.24) is 0 Å². The first-order valence-electron chi connectivity index (χ1n) is 4.00. The summed E-state index contributed by atoms with van der Waals surface area (Å²) in [5.41, 5.74) is 1.44. The molecule has 0 heterocycles. The first-order chi connectivity index (χ1) is 6.35. The van der Waals surface area contributed by atoms with Gasteiger partial charge in [0.1, 0.15) is 0 Å². The van der Waals surface area contributed by atoms with Crippen molar-refractivity contribution in [1.29, 1.82) is 0 Å². The van der Waals surface area contributed by atoms with Crippen LogP contribution in [0.1, 0.15) is 18.9 Å². The van der Waals surface area contributed by atoms with Gasteiger partial charge in [0, 0.05) is 0 Å². The Morgan fingerprint density at radius 1 is 1.08 bits per heavy atom. The number of hydrogen-bond acceptors (Lipinski definition) is 4. The highest BCUT2D eigenvalue weighted by Gasteiger charge is 1.84. The van der Waals surface area contributed by atoms with Gasteiger partial charge in [-0.1, -0.05) is 43.7 Å². The molecule has 2 N–H and O–H groups in total. The molecule has 0 atom stereocenters. The Bertz CT molecular complexity index is 186. The third-order valence-electron chi connectivity index (χ3n) is 1.41. The predicted octanol–water partition coefficient (Wildman–Crippen LogP) is 2.52. The Hall–Kier alpha value is -0.940. The van der Waals surface area contributed by atoms with E-state index in [2.05, 4.69) is 47.3 Å². The zero-order valence-corrected chi connectivity index (χ0v) is 7.51. The Labute approximate surface area is 77.1 Å². The normalized spacial score (nSPS) is 8.85. The van der Waals surface area contributed by atoms with Gasteiger partial charge in [-0.3, -0.25) is 0 Å². The van der Waals surface area contributed by atoms with Gasteiger partial charge >= 0.3 is 0 Å². The fourth-order valence-electron chi connectivity index (χ4n) is 0.933. The maximum Gasteiger partial charge on any atom is -0.0281 e. The molecule has 0 aliphatic rings. The molecule has 0 amide bonds.